The number of carboxylic acid groups (broad SMARTS) is 1. The van der Waals surface area contributed by atoms with Crippen LogP contribution in [0, 0.1) is 16.6 Å². The second-order valence-electron chi connectivity index (χ2n) is 11.0. The van der Waals surface area contributed by atoms with Gasteiger partial charge in [0.2, 0.25) is 10.0 Å². The Hall–Kier alpha value is -3.15. The second kappa shape index (κ2) is 8.67. The number of benzene rings is 3. The average molecular weight is 595 g/mol. The first kappa shape index (κ1) is 27.0. The Morgan fingerprint density at radius 2 is 1.70 bits per heavy atom. The fraction of sp³-hybridized carbons (Fsp3) is 0.321. The Labute approximate surface area is 232 Å². The molecule has 4 aliphatic rings. The number of carboxylic acids is 1. The van der Waals surface area contributed by atoms with Crippen LogP contribution in [0.15, 0.2) is 65.6 Å². The van der Waals surface area contributed by atoms with Crippen LogP contribution in [0.4, 0.5) is 28.9 Å². The van der Waals surface area contributed by atoms with Crippen molar-refractivity contribution in [2.75, 3.05) is 18.5 Å². The lowest BCUT2D eigenvalue weighted by Crippen LogP contribution is -2.75. The SMILES string of the molecule is CN1C(C23CC(C(F)(F)F)(C2)C3)CN(c2ccccc2)c2cc(Cl)c(-c3ccc(F)c(C(=O)O)c3)cc2S1(=O)=O. The Morgan fingerprint density at radius 1 is 1.05 bits per heavy atom. The third-order valence-corrected chi connectivity index (χ3v) is 11.0. The van der Waals surface area contributed by atoms with Crippen molar-refractivity contribution in [1.82, 2.24) is 4.31 Å². The molecule has 3 aromatic rings. The van der Waals surface area contributed by atoms with Gasteiger partial charge in [0.05, 0.1) is 21.7 Å². The third-order valence-electron chi connectivity index (χ3n) is 8.75. The number of likely N-dealkylation sites (N-methyl/N-ethyl adjacent to an activating group) is 1. The van der Waals surface area contributed by atoms with E-state index in [0.717, 1.165) is 12.1 Å². The van der Waals surface area contributed by atoms with E-state index in [2.05, 4.69) is 0 Å². The lowest BCUT2D eigenvalue weighted by molar-refractivity contribution is -0.371. The molecule has 1 aliphatic heterocycles. The zero-order chi connectivity index (χ0) is 28.8. The Morgan fingerprint density at radius 3 is 2.30 bits per heavy atom. The molecule has 1 atom stereocenters. The van der Waals surface area contributed by atoms with Gasteiger partial charge < -0.3 is 10.0 Å². The number of hydrogen-bond donors (Lipinski definition) is 1. The van der Waals surface area contributed by atoms with Gasteiger partial charge in [0.1, 0.15) is 10.7 Å². The van der Waals surface area contributed by atoms with Crippen molar-refractivity contribution in [3.8, 4) is 11.1 Å². The highest BCUT2D eigenvalue weighted by molar-refractivity contribution is 7.89. The number of alkyl halides is 3. The van der Waals surface area contributed by atoms with Gasteiger partial charge in [-0.05, 0) is 66.6 Å². The molecule has 3 fully saturated rings. The molecular formula is C28H23ClF4N2O4S. The van der Waals surface area contributed by atoms with E-state index in [1.165, 1.54) is 29.6 Å². The van der Waals surface area contributed by atoms with Crippen molar-refractivity contribution >= 4 is 39.0 Å². The molecule has 3 saturated carbocycles. The molecule has 12 heteroatoms. The van der Waals surface area contributed by atoms with E-state index in [-0.39, 0.29) is 52.5 Å². The number of hydrogen-bond acceptors (Lipinski definition) is 4. The van der Waals surface area contributed by atoms with Crippen LogP contribution in [0.5, 0.6) is 0 Å². The Bertz CT molecular complexity index is 1640. The first-order chi connectivity index (χ1) is 18.7. The summed E-state index contributed by atoms with van der Waals surface area (Å²) in [4.78, 5) is 13.1. The highest BCUT2D eigenvalue weighted by Gasteiger charge is 2.80. The minimum absolute atomic E-state index is 0.0977. The van der Waals surface area contributed by atoms with Gasteiger partial charge in [0.15, 0.2) is 0 Å². The summed E-state index contributed by atoms with van der Waals surface area (Å²) in [5.41, 5.74) is -1.92. The summed E-state index contributed by atoms with van der Waals surface area (Å²) in [6, 6.07) is 14.3. The van der Waals surface area contributed by atoms with E-state index >= 15 is 0 Å². The van der Waals surface area contributed by atoms with Crippen molar-refractivity contribution in [3.63, 3.8) is 0 Å². The highest BCUT2D eigenvalue weighted by atomic mass is 35.5. The number of para-hydroxylation sites is 1. The highest BCUT2D eigenvalue weighted by Crippen LogP contribution is 2.80. The van der Waals surface area contributed by atoms with Gasteiger partial charge in [0.25, 0.3) is 0 Å². The Kier molecular flexibility index (Phi) is 5.86. The van der Waals surface area contributed by atoms with Crippen LogP contribution in [-0.2, 0) is 10.0 Å². The predicted molar refractivity (Wildman–Crippen MR) is 141 cm³/mol. The maximum atomic E-state index is 14.1. The molecule has 0 radical (unpaired) electrons. The van der Waals surface area contributed by atoms with Gasteiger partial charge in [-0.25, -0.2) is 17.6 Å². The topological polar surface area (TPSA) is 77.9 Å². The molecular weight excluding hydrogens is 572 g/mol. The van der Waals surface area contributed by atoms with Gasteiger partial charge in [-0.15, -0.1) is 0 Å². The normalized spacial score (nSPS) is 27.2. The quantitative estimate of drug-likeness (QED) is 0.340. The summed E-state index contributed by atoms with van der Waals surface area (Å²) < 4.78 is 84.5. The molecule has 1 heterocycles. The molecule has 2 bridgehead atoms. The van der Waals surface area contributed by atoms with Crippen LogP contribution >= 0.6 is 11.6 Å². The summed E-state index contributed by atoms with van der Waals surface area (Å²) in [7, 11) is -2.88. The van der Waals surface area contributed by atoms with E-state index < -0.39 is 50.4 Å². The van der Waals surface area contributed by atoms with Crippen LogP contribution in [0.2, 0.25) is 5.02 Å². The summed E-state index contributed by atoms with van der Waals surface area (Å²) >= 11 is 6.64. The molecule has 3 aliphatic carbocycles. The largest absolute Gasteiger partial charge is 0.478 e. The molecule has 7 rings (SSSR count). The fourth-order valence-electron chi connectivity index (χ4n) is 6.70. The number of halogens is 5. The van der Waals surface area contributed by atoms with Crippen LogP contribution in [0.3, 0.4) is 0 Å². The molecule has 0 aromatic heterocycles. The molecule has 1 N–H and O–H groups in total. The van der Waals surface area contributed by atoms with Gasteiger partial charge in [-0.2, -0.15) is 17.5 Å². The number of carbonyl (C=O) groups is 1. The number of fused-ring (bicyclic) bond motifs is 1. The average Bonchev–Trinajstić information content (AvgIpc) is 2.90. The Balaban J connectivity index is 1.51. The molecule has 0 saturated heterocycles. The van der Waals surface area contributed by atoms with E-state index in [1.54, 1.807) is 35.2 Å². The number of nitrogens with zero attached hydrogens (tertiary/aromatic N) is 2. The van der Waals surface area contributed by atoms with Crippen LogP contribution < -0.4 is 4.90 Å². The first-order valence-corrected chi connectivity index (χ1v) is 14.3. The number of rotatable bonds is 4. The first-order valence-electron chi connectivity index (χ1n) is 12.4. The van der Waals surface area contributed by atoms with E-state index in [1.807, 2.05) is 0 Å². The minimum atomic E-state index is -4.34. The van der Waals surface area contributed by atoms with Crippen molar-refractivity contribution < 1.29 is 35.9 Å². The zero-order valence-corrected chi connectivity index (χ0v) is 22.6. The third kappa shape index (κ3) is 3.77. The summed E-state index contributed by atoms with van der Waals surface area (Å²) in [5, 5.41) is 9.47. The number of sulfonamides is 1. The zero-order valence-electron chi connectivity index (χ0n) is 21.0. The molecule has 0 amide bonds. The van der Waals surface area contributed by atoms with E-state index in [9.17, 15) is 35.9 Å². The molecule has 3 aromatic carbocycles. The smallest absolute Gasteiger partial charge is 0.394 e. The second-order valence-corrected chi connectivity index (χ2v) is 13.3. The summed E-state index contributed by atoms with van der Waals surface area (Å²) in [6.07, 6.45) is -4.74. The molecule has 210 valence electrons. The molecule has 1 unspecified atom stereocenters. The molecule has 40 heavy (non-hydrogen) atoms. The fourth-order valence-corrected chi connectivity index (χ4v) is 8.60. The number of aromatic carboxylic acids is 1. The molecule has 6 nitrogen and oxygen atoms in total. The summed E-state index contributed by atoms with van der Waals surface area (Å²) in [6.45, 7) is 0.107. The van der Waals surface area contributed by atoms with Crippen molar-refractivity contribution in [3.05, 3.63) is 77.1 Å². The van der Waals surface area contributed by atoms with E-state index in [0.29, 0.717) is 5.69 Å². The van der Waals surface area contributed by atoms with Gasteiger partial charge in [-0.3, -0.25) is 0 Å². The monoisotopic (exact) mass is 594 g/mol. The van der Waals surface area contributed by atoms with Crippen molar-refractivity contribution in [1.29, 1.82) is 0 Å². The van der Waals surface area contributed by atoms with Gasteiger partial charge in [0, 0.05) is 30.9 Å². The van der Waals surface area contributed by atoms with Crippen LogP contribution in [0.1, 0.15) is 29.6 Å². The van der Waals surface area contributed by atoms with E-state index in [4.69, 9.17) is 11.6 Å². The maximum Gasteiger partial charge on any atom is 0.394 e. The number of anilines is 2. The van der Waals surface area contributed by atoms with Crippen molar-refractivity contribution in [2.45, 2.75) is 36.4 Å². The molecule has 0 spiro atoms. The van der Waals surface area contributed by atoms with Crippen LogP contribution in [0.25, 0.3) is 11.1 Å². The lowest BCUT2D eigenvalue weighted by Gasteiger charge is -2.73. The standard InChI is InChI=1S/C28H23ClF4N2O4S/c1-34-24(26-13-27(14-26,15-26)28(31,32)33)12-35(17-5-3-2-4-6-17)22-11-20(29)18(10-23(22)40(34,38)39)16-7-8-21(30)19(9-16)25(36)37/h2-11,24H,12-15H2,1H3,(H,36,37). The minimum Gasteiger partial charge on any atom is -0.478 e. The predicted octanol–water partition coefficient (Wildman–Crippen LogP) is 6.72. The van der Waals surface area contributed by atoms with Gasteiger partial charge in [-0.1, -0.05) is 35.9 Å². The van der Waals surface area contributed by atoms with Crippen LogP contribution in [-0.4, -0.2) is 49.6 Å². The lowest BCUT2D eigenvalue weighted by atomic mass is 9.32. The maximum absolute atomic E-state index is 14.1. The summed E-state index contributed by atoms with van der Waals surface area (Å²) in [5.74, 6) is -2.45. The van der Waals surface area contributed by atoms with Gasteiger partial charge >= 0.3 is 12.1 Å². The van der Waals surface area contributed by atoms with Crippen molar-refractivity contribution in [2.24, 2.45) is 10.8 Å².